The van der Waals surface area contributed by atoms with Gasteiger partial charge in [-0.2, -0.15) is 0 Å². The minimum Gasteiger partial charge on any atom is -0.348 e. The molecule has 0 radical (unpaired) electrons. The van der Waals surface area contributed by atoms with E-state index in [1.165, 1.54) is 5.56 Å². The van der Waals surface area contributed by atoms with E-state index in [-0.39, 0.29) is 5.91 Å². The van der Waals surface area contributed by atoms with E-state index in [1.807, 2.05) is 12.1 Å². The number of nitrogens with zero attached hydrogens (tertiary/aromatic N) is 2. The van der Waals surface area contributed by atoms with Crippen molar-refractivity contribution in [3.8, 4) is 0 Å². The number of hydrogen-bond donors (Lipinski definition) is 2. The molecule has 114 valence electrons. The fraction of sp³-hybridized carbons (Fsp3) is 0.353. The van der Waals surface area contributed by atoms with Crippen LogP contribution in [-0.2, 0) is 0 Å². The maximum atomic E-state index is 11.8. The highest BCUT2D eigenvalue weighted by Gasteiger charge is 2.24. The Morgan fingerprint density at radius 3 is 2.36 bits per heavy atom. The molecule has 0 saturated heterocycles. The third-order valence-corrected chi connectivity index (χ3v) is 3.66. The van der Waals surface area contributed by atoms with E-state index in [9.17, 15) is 4.79 Å². The molecule has 1 saturated carbocycles. The molecule has 1 aromatic carbocycles. The zero-order valence-electron chi connectivity index (χ0n) is 12.8. The van der Waals surface area contributed by atoms with Crippen molar-refractivity contribution in [2.45, 2.75) is 38.6 Å². The molecular formula is C17H20N4O. The van der Waals surface area contributed by atoms with E-state index in [1.54, 1.807) is 12.1 Å². The molecule has 0 unspecified atom stereocenters. The van der Waals surface area contributed by atoms with Gasteiger partial charge in [-0.05, 0) is 48.6 Å². The van der Waals surface area contributed by atoms with Crippen molar-refractivity contribution in [3.05, 3.63) is 47.7 Å². The number of nitrogens with one attached hydrogen (secondary N) is 2. The first-order chi connectivity index (χ1) is 10.6. The van der Waals surface area contributed by atoms with E-state index in [0.717, 1.165) is 18.5 Å². The average Bonchev–Trinajstić information content (AvgIpc) is 3.32. The third kappa shape index (κ3) is 3.61. The van der Waals surface area contributed by atoms with Gasteiger partial charge in [0.15, 0.2) is 11.5 Å². The molecule has 0 atom stereocenters. The largest absolute Gasteiger partial charge is 0.348 e. The standard InChI is InChI=1S/C17H20N4O/c1-11(2)12-3-5-13(6-4-12)18-16-10-9-15(20-21-16)17(22)19-14-7-8-14/h3-6,9-11,14H,7-8H2,1-2H3,(H,18,21)(H,19,22). The topological polar surface area (TPSA) is 66.9 Å². The molecule has 1 heterocycles. The summed E-state index contributed by atoms with van der Waals surface area (Å²) in [6.45, 7) is 4.33. The summed E-state index contributed by atoms with van der Waals surface area (Å²) in [5.41, 5.74) is 2.60. The maximum absolute atomic E-state index is 11.8. The van der Waals surface area contributed by atoms with Crippen molar-refractivity contribution < 1.29 is 4.79 Å². The molecule has 5 heteroatoms. The maximum Gasteiger partial charge on any atom is 0.272 e. The van der Waals surface area contributed by atoms with Crippen LogP contribution in [0.4, 0.5) is 11.5 Å². The Hall–Kier alpha value is -2.43. The van der Waals surface area contributed by atoms with E-state index in [4.69, 9.17) is 0 Å². The monoisotopic (exact) mass is 296 g/mol. The van der Waals surface area contributed by atoms with E-state index in [0.29, 0.717) is 23.5 Å². The number of rotatable bonds is 5. The summed E-state index contributed by atoms with van der Waals surface area (Å²) in [6, 6.07) is 12.0. The molecule has 22 heavy (non-hydrogen) atoms. The Labute approximate surface area is 130 Å². The van der Waals surface area contributed by atoms with Crippen LogP contribution in [0.3, 0.4) is 0 Å². The zero-order chi connectivity index (χ0) is 15.5. The average molecular weight is 296 g/mol. The van der Waals surface area contributed by atoms with Crippen LogP contribution in [0.25, 0.3) is 0 Å². The van der Waals surface area contributed by atoms with Gasteiger partial charge < -0.3 is 10.6 Å². The van der Waals surface area contributed by atoms with Crippen molar-refractivity contribution in [2.75, 3.05) is 5.32 Å². The minimum atomic E-state index is -0.150. The number of benzene rings is 1. The minimum absolute atomic E-state index is 0.150. The molecule has 1 aliphatic rings. The molecule has 2 N–H and O–H groups in total. The van der Waals surface area contributed by atoms with Crippen LogP contribution >= 0.6 is 0 Å². The summed E-state index contributed by atoms with van der Waals surface area (Å²) in [4.78, 5) is 11.8. The molecule has 3 rings (SSSR count). The van der Waals surface area contributed by atoms with Crippen molar-refractivity contribution in [3.63, 3.8) is 0 Å². The molecule has 0 aliphatic heterocycles. The fourth-order valence-corrected chi connectivity index (χ4v) is 2.11. The molecule has 5 nitrogen and oxygen atoms in total. The Morgan fingerprint density at radius 2 is 1.82 bits per heavy atom. The van der Waals surface area contributed by atoms with Crippen molar-refractivity contribution in [2.24, 2.45) is 0 Å². The van der Waals surface area contributed by atoms with Gasteiger partial charge in [-0.3, -0.25) is 4.79 Å². The molecule has 1 aromatic heterocycles. The van der Waals surface area contributed by atoms with Gasteiger partial charge in [0.1, 0.15) is 0 Å². The Morgan fingerprint density at radius 1 is 1.09 bits per heavy atom. The molecule has 0 spiro atoms. The number of amides is 1. The third-order valence-electron chi connectivity index (χ3n) is 3.66. The number of carbonyl (C=O) groups excluding carboxylic acids is 1. The van der Waals surface area contributed by atoms with Crippen molar-refractivity contribution in [1.29, 1.82) is 0 Å². The van der Waals surface area contributed by atoms with Crippen LogP contribution < -0.4 is 10.6 Å². The van der Waals surface area contributed by atoms with Gasteiger partial charge in [0.2, 0.25) is 0 Å². The van der Waals surface area contributed by atoms with Crippen LogP contribution in [-0.4, -0.2) is 22.1 Å². The van der Waals surface area contributed by atoms with Crippen LogP contribution in [0.2, 0.25) is 0 Å². The fourth-order valence-electron chi connectivity index (χ4n) is 2.11. The van der Waals surface area contributed by atoms with Gasteiger partial charge >= 0.3 is 0 Å². The van der Waals surface area contributed by atoms with E-state index >= 15 is 0 Å². The molecule has 1 amide bonds. The van der Waals surface area contributed by atoms with Crippen molar-refractivity contribution >= 4 is 17.4 Å². The lowest BCUT2D eigenvalue weighted by atomic mass is 10.0. The van der Waals surface area contributed by atoms with Gasteiger partial charge in [-0.15, -0.1) is 10.2 Å². The van der Waals surface area contributed by atoms with Gasteiger partial charge in [-0.25, -0.2) is 0 Å². The Kier molecular flexibility index (Phi) is 4.04. The van der Waals surface area contributed by atoms with Crippen molar-refractivity contribution in [1.82, 2.24) is 15.5 Å². The number of anilines is 2. The lowest BCUT2D eigenvalue weighted by Crippen LogP contribution is -2.26. The molecule has 1 aliphatic carbocycles. The predicted molar refractivity (Wildman–Crippen MR) is 86.3 cm³/mol. The van der Waals surface area contributed by atoms with Crippen LogP contribution in [0.1, 0.15) is 48.7 Å². The smallest absolute Gasteiger partial charge is 0.272 e. The summed E-state index contributed by atoms with van der Waals surface area (Å²) in [7, 11) is 0. The zero-order valence-corrected chi connectivity index (χ0v) is 12.8. The first-order valence-corrected chi connectivity index (χ1v) is 7.63. The molecule has 2 aromatic rings. The van der Waals surface area contributed by atoms with Crippen LogP contribution in [0, 0.1) is 0 Å². The first kappa shape index (κ1) is 14.5. The Bertz CT molecular complexity index is 645. The number of carbonyl (C=O) groups is 1. The summed E-state index contributed by atoms with van der Waals surface area (Å²) >= 11 is 0. The lowest BCUT2D eigenvalue weighted by molar-refractivity contribution is 0.0945. The second kappa shape index (κ2) is 6.13. The van der Waals surface area contributed by atoms with Gasteiger partial charge in [0, 0.05) is 11.7 Å². The highest BCUT2D eigenvalue weighted by molar-refractivity contribution is 5.92. The Balaban J connectivity index is 1.63. The number of aromatic nitrogens is 2. The van der Waals surface area contributed by atoms with Gasteiger partial charge in [-0.1, -0.05) is 26.0 Å². The summed E-state index contributed by atoms with van der Waals surface area (Å²) in [5.74, 6) is 0.987. The molecular weight excluding hydrogens is 276 g/mol. The lowest BCUT2D eigenvalue weighted by Gasteiger charge is -2.08. The first-order valence-electron chi connectivity index (χ1n) is 7.63. The summed E-state index contributed by atoms with van der Waals surface area (Å²) in [5, 5.41) is 14.1. The number of hydrogen-bond acceptors (Lipinski definition) is 4. The van der Waals surface area contributed by atoms with Crippen LogP contribution in [0.15, 0.2) is 36.4 Å². The van der Waals surface area contributed by atoms with Crippen LogP contribution in [0.5, 0.6) is 0 Å². The second-order valence-electron chi connectivity index (χ2n) is 5.95. The normalized spacial score (nSPS) is 14.0. The summed E-state index contributed by atoms with van der Waals surface area (Å²) < 4.78 is 0. The summed E-state index contributed by atoms with van der Waals surface area (Å²) in [6.07, 6.45) is 2.12. The molecule has 0 bridgehead atoms. The van der Waals surface area contributed by atoms with Gasteiger partial charge in [0.25, 0.3) is 5.91 Å². The highest BCUT2D eigenvalue weighted by Crippen LogP contribution is 2.20. The van der Waals surface area contributed by atoms with E-state index < -0.39 is 0 Å². The SMILES string of the molecule is CC(C)c1ccc(Nc2ccc(C(=O)NC3CC3)nn2)cc1. The van der Waals surface area contributed by atoms with Gasteiger partial charge in [0.05, 0.1) is 0 Å². The quantitative estimate of drug-likeness (QED) is 0.889. The highest BCUT2D eigenvalue weighted by atomic mass is 16.2. The predicted octanol–water partition coefficient (Wildman–Crippen LogP) is 3.24. The molecule has 1 fully saturated rings. The van der Waals surface area contributed by atoms with E-state index in [2.05, 4.69) is 46.8 Å². The second-order valence-corrected chi connectivity index (χ2v) is 5.95.